The van der Waals surface area contributed by atoms with E-state index in [2.05, 4.69) is 18.2 Å². The molecule has 3 aromatic carbocycles. The molecule has 20 heavy (non-hydrogen) atoms. The Bertz CT molecular complexity index is 781. The first-order chi connectivity index (χ1) is 9.72. The van der Waals surface area contributed by atoms with Gasteiger partial charge in [-0.15, -0.1) is 0 Å². The van der Waals surface area contributed by atoms with Crippen LogP contribution >= 0.6 is 0 Å². The summed E-state index contributed by atoms with van der Waals surface area (Å²) in [6, 6.07) is 21.7. The first-order valence-electron chi connectivity index (χ1n) is 6.31. The number of hydrogen-bond donors (Lipinski definition) is 1. The number of nitrogens with zero attached hydrogens (tertiary/aromatic N) is 1. The molecule has 0 aliphatic rings. The molecule has 0 amide bonds. The zero-order chi connectivity index (χ0) is 13.9. The van der Waals surface area contributed by atoms with E-state index in [1.54, 1.807) is 12.1 Å². The maximum atomic E-state index is 9.47. The Kier molecular flexibility index (Phi) is 3.82. The van der Waals surface area contributed by atoms with Gasteiger partial charge < -0.3 is 0 Å². The zero-order valence-corrected chi connectivity index (χ0v) is 14.6. The molecule has 95 valence electrons. The standard InChI is InChI=1S/C17H12NO.Pb/c19-17-9-7-14-10-16(8-6-15(14)11-17)18-12-13-4-2-1-3-5-13;/h1-11,19H;. The normalized spacial score (nSPS) is 11.8. The van der Waals surface area contributed by atoms with Gasteiger partial charge in [-0.05, 0) is 0 Å². The predicted molar refractivity (Wildman–Crippen MR) is 84.0 cm³/mol. The average molecular weight is 453 g/mol. The first kappa shape index (κ1) is 13.3. The molecule has 3 aromatic rings. The third-order valence-corrected chi connectivity index (χ3v) is 4.65. The third kappa shape index (κ3) is 2.90. The Balaban J connectivity index is 2.01. The molecular weight excluding hydrogens is 441 g/mol. The average Bonchev–Trinajstić information content (AvgIpc) is 2.48. The summed E-state index contributed by atoms with van der Waals surface area (Å²) in [5.41, 5.74) is 2.14. The van der Waals surface area contributed by atoms with E-state index in [-0.39, 0.29) is 0 Å². The fourth-order valence-corrected chi connectivity index (χ4v) is 3.23. The van der Waals surface area contributed by atoms with Crippen molar-refractivity contribution < 1.29 is 5.11 Å². The van der Waals surface area contributed by atoms with E-state index in [9.17, 15) is 5.11 Å². The van der Waals surface area contributed by atoms with Gasteiger partial charge >= 0.3 is 134 Å². The monoisotopic (exact) mass is 454 g/mol. The minimum absolute atomic E-state index is 0.293. The van der Waals surface area contributed by atoms with Crippen molar-refractivity contribution in [2.45, 2.75) is 0 Å². The molecule has 1 N–H and O–H groups in total. The SMILES string of the molecule is Oc1ccc2cc(N=[C]([Pb])c3ccccc3)ccc2c1. The van der Waals surface area contributed by atoms with Crippen LogP contribution in [0, 0.1) is 0 Å². The van der Waals surface area contributed by atoms with Crippen LogP contribution in [0.15, 0.2) is 71.7 Å². The fourth-order valence-electron chi connectivity index (χ4n) is 2.08. The summed E-state index contributed by atoms with van der Waals surface area (Å²) in [6.45, 7) is 0. The van der Waals surface area contributed by atoms with Crippen molar-refractivity contribution >= 4 is 45.5 Å². The predicted octanol–water partition coefficient (Wildman–Crippen LogP) is 3.79. The minimum atomic E-state index is 0.293. The topological polar surface area (TPSA) is 32.6 Å². The zero-order valence-electron chi connectivity index (χ0n) is 10.7. The van der Waals surface area contributed by atoms with Gasteiger partial charge in [0.25, 0.3) is 0 Å². The van der Waals surface area contributed by atoms with Crippen LogP contribution in [0.2, 0.25) is 0 Å². The van der Waals surface area contributed by atoms with E-state index in [0.29, 0.717) is 5.75 Å². The number of fused-ring (bicyclic) bond motifs is 1. The van der Waals surface area contributed by atoms with Crippen LogP contribution < -0.4 is 0 Å². The van der Waals surface area contributed by atoms with Crippen LogP contribution in [0.3, 0.4) is 0 Å². The number of aliphatic imine (C=N–C) groups is 1. The van der Waals surface area contributed by atoms with Crippen LogP contribution in [0.5, 0.6) is 5.75 Å². The van der Waals surface area contributed by atoms with E-state index in [0.717, 1.165) is 45.5 Å². The second-order valence-corrected chi connectivity index (χ2v) is 6.38. The molecule has 3 radical (unpaired) electrons. The van der Waals surface area contributed by atoms with Gasteiger partial charge in [0.05, 0.1) is 0 Å². The second-order valence-electron chi connectivity index (χ2n) is 4.54. The Hall–Kier alpha value is -1.69. The second kappa shape index (κ2) is 5.75. The van der Waals surface area contributed by atoms with Crippen molar-refractivity contribution in [2.24, 2.45) is 4.99 Å². The van der Waals surface area contributed by atoms with Gasteiger partial charge in [0.1, 0.15) is 0 Å². The van der Waals surface area contributed by atoms with E-state index < -0.39 is 0 Å². The summed E-state index contributed by atoms with van der Waals surface area (Å²) in [4.78, 5) is 4.72. The van der Waals surface area contributed by atoms with Gasteiger partial charge in [-0.25, -0.2) is 0 Å². The number of phenolic OH excluding ortho intramolecular Hbond substituents is 1. The molecule has 0 saturated heterocycles. The van der Waals surface area contributed by atoms with Crippen molar-refractivity contribution in [1.29, 1.82) is 0 Å². The summed E-state index contributed by atoms with van der Waals surface area (Å²) < 4.78 is 1.13. The molecule has 0 heterocycles. The van der Waals surface area contributed by atoms with Crippen LogP contribution in [0.25, 0.3) is 10.8 Å². The van der Waals surface area contributed by atoms with E-state index in [1.165, 1.54) is 5.56 Å². The molecule has 0 atom stereocenters. The van der Waals surface area contributed by atoms with E-state index in [4.69, 9.17) is 4.99 Å². The Morgan fingerprint density at radius 3 is 2.35 bits per heavy atom. The molecule has 0 aliphatic carbocycles. The van der Waals surface area contributed by atoms with Crippen molar-refractivity contribution in [3.8, 4) is 5.75 Å². The molecule has 0 aliphatic heterocycles. The van der Waals surface area contributed by atoms with E-state index in [1.807, 2.05) is 36.4 Å². The molecule has 2 nitrogen and oxygen atoms in total. The molecule has 0 saturated carbocycles. The number of phenols is 1. The van der Waals surface area contributed by atoms with Crippen molar-refractivity contribution in [2.75, 3.05) is 0 Å². The molecule has 0 spiro atoms. The quantitative estimate of drug-likeness (QED) is 0.465. The summed E-state index contributed by atoms with van der Waals surface area (Å²) in [7, 11) is 0. The summed E-state index contributed by atoms with van der Waals surface area (Å²) in [6.07, 6.45) is 0. The first-order valence-corrected chi connectivity index (χ1v) is 8.25. The summed E-state index contributed by atoms with van der Waals surface area (Å²) >= 11 is 0.901. The molecule has 0 fully saturated rings. The molecule has 0 unspecified atom stereocenters. The number of rotatable bonds is 2. The van der Waals surface area contributed by atoms with Gasteiger partial charge in [0.2, 0.25) is 0 Å². The number of aromatic hydroxyl groups is 1. The molecule has 3 rings (SSSR count). The van der Waals surface area contributed by atoms with Gasteiger partial charge in [0.15, 0.2) is 0 Å². The van der Waals surface area contributed by atoms with Gasteiger partial charge in [0, 0.05) is 0 Å². The van der Waals surface area contributed by atoms with Crippen LogP contribution in [-0.4, -0.2) is 34.1 Å². The van der Waals surface area contributed by atoms with Gasteiger partial charge in [-0.2, -0.15) is 0 Å². The van der Waals surface area contributed by atoms with Crippen LogP contribution in [0.1, 0.15) is 5.56 Å². The number of benzene rings is 3. The van der Waals surface area contributed by atoms with Crippen LogP contribution in [-0.2, 0) is 0 Å². The Labute approximate surface area is 133 Å². The third-order valence-electron chi connectivity index (χ3n) is 3.10. The summed E-state index contributed by atoms with van der Waals surface area (Å²) in [5, 5.41) is 11.6. The van der Waals surface area contributed by atoms with Crippen molar-refractivity contribution in [1.82, 2.24) is 0 Å². The maximum absolute atomic E-state index is 9.47. The Morgan fingerprint density at radius 2 is 1.55 bits per heavy atom. The fraction of sp³-hybridized carbons (Fsp3) is 0. The van der Waals surface area contributed by atoms with Crippen molar-refractivity contribution in [3.05, 3.63) is 72.3 Å². The summed E-state index contributed by atoms with van der Waals surface area (Å²) in [5.74, 6) is 0.293. The Morgan fingerprint density at radius 1 is 0.850 bits per heavy atom. The van der Waals surface area contributed by atoms with Gasteiger partial charge in [-0.1, -0.05) is 0 Å². The van der Waals surface area contributed by atoms with Crippen molar-refractivity contribution in [3.63, 3.8) is 0 Å². The molecular formula is C17H12NOPb. The van der Waals surface area contributed by atoms with Crippen LogP contribution in [0.4, 0.5) is 5.69 Å². The molecule has 0 bridgehead atoms. The molecule has 0 aromatic heterocycles. The van der Waals surface area contributed by atoms with E-state index >= 15 is 0 Å². The number of hydrogen-bond acceptors (Lipinski definition) is 2. The molecule has 3 heteroatoms. The van der Waals surface area contributed by atoms with Gasteiger partial charge in [-0.3, -0.25) is 0 Å².